The van der Waals surface area contributed by atoms with Gasteiger partial charge in [0.2, 0.25) is 0 Å². The van der Waals surface area contributed by atoms with Crippen molar-refractivity contribution in [3.63, 3.8) is 0 Å². The van der Waals surface area contributed by atoms with Gasteiger partial charge >= 0.3 is 11.9 Å². The van der Waals surface area contributed by atoms with Crippen LogP contribution in [0, 0.1) is 0 Å². The second kappa shape index (κ2) is 24.2. The van der Waals surface area contributed by atoms with E-state index < -0.39 is 55.4 Å². The van der Waals surface area contributed by atoms with E-state index in [1.54, 1.807) is 0 Å². The van der Waals surface area contributed by atoms with E-state index in [-0.39, 0.29) is 26.1 Å². The molecule has 4 N–H and O–H groups in total. The van der Waals surface area contributed by atoms with Crippen LogP contribution in [0.5, 0.6) is 0 Å². The Morgan fingerprint density at radius 1 is 0.659 bits per heavy atom. The first kappa shape index (κ1) is 37.7. The second-order valence-corrected chi connectivity index (χ2v) is 11.3. The minimum Gasteiger partial charge on any atom is -0.462 e. The van der Waals surface area contributed by atoms with Crippen LogP contribution in [0.4, 0.5) is 0 Å². The van der Waals surface area contributed by atoms with Crippen molar-refractivity contribution in [3.05, 3.63) is 0 Å². The summed E-state index contributed by atoms with van der Waals surface area (Å²) >= 11 is 0. The molecule has 0 aromatic heterocycles. The summed E-state index contributed by atoms with van der Waals surface area (Å²) in [6, 6.07) is 0. The van der Waals surface area contributed by atoms with Crippen LogP contribution in [0.1, 0.15) is 129 Å². The molecule has 0 saturated carbocycles. The number of aliphatic hydroxyl groups is 4. The van der Waals surface area contributed by atoms with Gasteiger partial charge in [0.05, 0.1) is 13.2 Å². The number of unbranched alkanes of at least 4 members (excludes halogenated alkanes) is 14. The minimum atomic E-state index is -1.58. The maximum Gasteiger partial charge on any atom is 0.306 e. The SMILES string of the molecule is CCCCCCCCCCCCCCCC(=O)O[C@H](COC(=O)CCCCC)CO[C@@H]1O[C@H](CO)[C@H](O)[C@H](O)[C@H]1O. The zero-order chi connectivity index (χ0) is 30.3. The van der Waals surface area contributed by atoms with Crippen molar-refractivity contribution < 1.29 is 49.0 Å². The van der Waals surface area contributed by atoms with Crippen molar-refractivity contribution in [1.82, 2.24) is 0 Å². The minimum absolute atomic E-state index is 0.216. The first-order valence-electron chi connectivity index (χ1n) is 16.1. The van der Waals surface area contributed by atoms with Crippen molar-refractivity contribution in [2.24, 2.45) is 0 Å². The number of hydrogen-bond donors (Lipinski definition) is 4. The molecule has 242 valence electrons. The second-order valence-electron chi connectivity index (χ2n) is 11.3. The van der Waals surface area contributed by atoms with Gasteiger partial charge in [-0.15, -0.1) is 0 Å². The predicted molar refractivity (Wildman–Crippen MR) is 155 cm³/mol. The molecule has 0 spiro atoms. The lowest BCUT2D eigenvalue weighted by Crippen LogP contribution is -2.59. The van der Waals surface area contributed by atoms with Crippen LogP contribution in [-0.2, 0) is 28.5 Å². The summed E-state index contributed by atoms with van der Waals surface area (Å²) < 4.78 is 21.7. The van der Waals surface area contributed by atoms with Gasteiger partial charge in [-0.05, 0) is 12.8 Å². The Morgan fingerprint density at radius 2 is 1.15 bits per heavy atom. The number of carbonyl (C=O) groups is 2. The highest BCUT2D eigenvalue weighted by Crippen LogP contribution is 2.22. The van der Waals surface area contributed by atoms with Crippen molar-refractivity contribution in [1.29, 1.82) is 0 Å². The van der Waals surface area contributed by atoms with Crippen molar-refractivity contribution in [2.75, 3.05) is 19.8 Å². The molecule has 1 fully saturated rings. The van der Waals surface area contributed by atoms with Gasteiger partial charge in [-0.2, -0.15) is 0 Å². The molecule has 0 bridgehead atoms. The molecule has 10 nitrogen and oxygen atoms in total. The molecule has 1 saturated heterocycles. The van der Waals surface area contributed by atoms with E-state index in [0.29, 0.717) is 12.8 Å². The van der Waals surface area contributed by atoms with Gasteiger partial charge in [0.15, 0.2) is 12.4 Å². The summed E-state index contributed by atoms with van der Waals surface area (Å²) in [5.74, 6) is -0.832. The Kier molecular flexibility index (Phi) is 22.2. The smallest absolute Gasteiger partial charge is 0.306 e. The summed E-state index contributed by atoms with van der Waals surface area (Å²) in [7, 11) is 0. The third-order valence-electron chi connectivity index (χ3n) is 7.49. The quantitative estimate of drug-likeness (QED) is 0.0893. The molecule has 0 radical (unpaired) electrons. The molecule has 6 atom stereocenters. The maximum absolute atomic E-state index is 12.5. The summed E-state index contributed by atoms with van der Waals surface area (Å²) in [4.78, 5) is 24.6. The fourth-order valence-electron chi connectivity index (χ4n) is 4.83. The predicted octanol–water partition coefficient (Wildman–Crippen LogP) is 4.32. The fraction of sp³-hybridized carbons (Fsp3) is 0.935. The van der Waals surface area contributed by atoms with Gasteiger partial charge < -0.3 is 39.4 Å². The molecule has 0 aromatic rings. The topological polar surface area (TPSA) is 152 Å². The number of ether oxygens (including phenoxy) is 4. The highest BCUT2D eigenvalue weighted by Gasteiger charge is 2.44. The lowest BCUT2D eigenvalue weighted by atomic mass is 9.99. The standard InChI is InChI=1S/C31H58O10/c1-3-5-7-8-9-10-11-12-13-14-15-16-18-20-27(34)40-24(22-38-26(33)19-17-6-4-2)23-39-31-30(37)29(36)28(35)25(21-32)41-31/h24-25,28-32,35-37H,3-23H2,1-2H3/t24-,25-,28+,29+,30-,31-/m1/s1. The molecule has 1 heterocycles. The summed E-state index contributed by atoms with van der Waals surface area (Å²) in [6.07, 6.45) is 10.7. The van der Waals surface area contributed by atoms with Crippen LogP contribution in [0.2, 0.25) is 0 Å². The molecule has 1 aliphatic heterocycles. The molecule has 1 rings (SSSR count). The molecule has 1 aliphatic rings. The van der Waals surface area contributed by atoms with E-state index in [2.05, 4.69) is 6.92 Å². The van der Waals surface area contributed by atoms with E-state index in [0.717, 1.165) is 32.1 Å². The van der Waals surface area contributed by atoms with Crippen LogP contribution in [-0.4, -0.2) is 89.0 Å². The Morgan fingerprint density at radius 3 is 1.71 bits per heavy atom. The van der Waals surface area contributed by atoms with Gasteiger partial charge in [0.25, 0.3) is 0 Å². The van der Waals surface area contributed by atoms with Crippen LogP contribution in [0.25, 0.3) is 0 Å². The highest BCUT2D eigenvalue weighted by molar-refractivity contribution is 5.70. The molecule has 41 heavy (non-hydrogen) atoms. The Labute approximate surface area is 247 Å². The number of aliphatic hydroxyl groups excluding tert-OH is 4. The molecular weight excluding hydrogens is 532 g/mol. The normalized spacial score (nSPS) is 23.3. The van der Waals surface area contributed by atoms with Gasteiger partial charge in [-0.1, -0.05) is 104 Å². The van der Waals surface area contributed by atoms with Gasteiger partial charge in [0.1, 0.15) is 31.0 Å². The van der Waals surface area contributed by atoms with Gasteiger partial charge in [0, 0.05) is 12.8 Å². The number of esters is 2. The molecular formula is C31H58O10. The molecule has 0 amide bonds. The molecule has 0 aromatic carbocycles. The van der Waals surface area contributed by atoms with Crippen molar-refractivity contribution in [3.8, 4) is 0 Å². The molecule has 0 unspecified atom stereocenters. The van der Waals surface area contributed by atoms with E-state index in [9.17, 15) is 30.0 Å². The maximum atomic E-state index is 12.5. The van der Waals surface area contributed by atoms with Crippen LogP contribution < -0.4 is 0 Å². The summed E-state index contributed by atoms with van der Waals surface area (Å²) in [6.45, 7) is 3.20. The van der Waals surface area contributed by atoms with Gasteiger partial charge in [-0.25, -0.2) is 0 Å². The Hall–Kier alpha value is -1.30. The largest absolute Gasteiger partial charge is 0.462 e. The Balaban J connectivity index is 2.38. The highest BCUT2D eigenvalue weighted by atomic mass is 16.7. The first-order valence-corrected chi connectivity index (χ1v) is 16.1. The Bertz CT molecular complexity index is 659. The van der Waals surface area contributed by atoms with E-state index in [1.165, 1.54) is 57.8 Å². The van der Waals surface area contributed by atoms with E-state index in [4.69, 9.17) is 18.9 Å². The van der Waals surface area contributed by atoms with E-state index in [1.807, 2.05) is 6.92 Å². The van der Waals surface area contributed by atoms with Gasteiger partial charge in [-0.3, -0.25) is 9.59 Å². The third-order valence-corrected chi connectivity index (χ3v) is 7.49. The van der Waals surface area contributed by atoms with Crippen LogP contribution in [0.3, 0.4) is 0 Å². The number of carbonyl (C=O) groups excluding carboxylic acids is 2. The third kappa shape index (κ3) is 17.4. The zero-order valence-corrected chi connectivity index (χ0v) is 25.6. The van der Waals surface area contributed by atoms with Crippen molar-refractivity contribution in [2.45, 2.75) is 166 Å². The van der Waals surface area contributed by atoms with E-state index >= 15 is 0 Å². The summed E-state index contributed by atoms with van der Waals surface area (Å²) in [5, 5.41) is 39.5. The average molecular weight is 591 g/mol. The molecule has 0 aliphatic carbocycles. The number of hydrogen-bond acceptors (Lipinski definition) is 10. The molecule has 10 heteroatoms. The first-order chi connectivity index (χ1) is 19.8. The monoisotopic (exact) mass is 590 g/mol. The van der Waals surface area contributed by atoms with Crippen LogP contribution >= 0.6 is 0 Å². The average Bonchev–Trinajstić information content (AvgIpc) is 2.96. The number of rotatable bonds is 25. The zero-order valence-electron chi connectivity index (χ0n) is 25.6. The lowest BCUT2D eigenvalue weighted by Gasteiger charge is -2.39. The fourth-order valence-corrected chi connectivity index (χ4v) is 4.83. The van der Waals surface area contributed by atoms with Crippen LogP contribution in [0.15, 0.2) is 0 Å². The van der Waals surface area contributed by atoms with Crippen molar-refractivity contribution >= 4 is 11.9 Å². The summed E-state index contributed by atoms with van der Waals surface area (Å²) in [5.41, 5.74) is 0. The lowest BCUT2D eigenvalue weighted by molar-refractivity contribution is -0.305.